The zero-order valence-corrected chi connectivity index (χ0v) is 15.4. The molecule has 0 aliphatic rings. The van der Waals surface area contributed by atoms with Crippen molar-refractivity contribution in [1.82, 2.24) is 4.90 Å². The highest BCUT2D eigenvalue weighted by atomic mass is 35.5. The number of nitrogens with one attached hydrogen (secondary N) is 1. The van der Waals surface area contributed by atoms with Crippen LogP contribution in [0.5, 0.6) is 0 Å². The molecule has 0 bridgehead atoms. The van der Waals surface area contributed by atoms with E-state index in [0.717, 1.165) is 17.8 Å². The van der Waals surface area contributed by atoms with Crippen LogP contribution in [0.15, 0.2) is 35.3 Å². The second-order valence-corrected chi connectivity index (χ2v) is 6.30. The fourth-order valence-corrected chi connectivity index (χ4v) is 2.53. The van der Waals surface area contributed by atoms with Crippen molar-refractivity contribution in [3.63, 3.8) is 0 Å². The van der Waals surface area contributed by atoms with Gasteiger partial charge in [0, 0.05) is 36.4 Å². The third kappa shape index (κ3) is 4.62. The molecule has 1 N–H and O–H groups in total. The van der Waals surface area contributed by atoms with Crippen molar-refractivity contribution in [3.05, 3.63) is 57.3 Å². The zero-order chi connectivity index (χ0) is 17.7. The topological polar surface area (TPSA) is 27.6 Å². The largest absolute Gasteiger partial charge is 0.381 e. The summed E-state index contributed by atoms with van der Waals surface area (Å²) in [5.41, 5.74) is 2.92. The smallest absolute Gasteiger partial charge is 0.129 e. The first kappa shape index (κ1) is 18.6. The molecule has 0 aromatic heterocycles. The van der Waals surface area contributed by atoms with E-state index in [2.05, 4.69) is 10.3 Å². The lowest BCUT2D eigenvalue weighted by molar-refractivity contribution is 0.552. The van der Waals surface area contributed by atoms with Gasteiger partial charge >= 0.3 is 0 Å². The number of anilines is 1. The average Bonchev–Trinajstić information content (AvgIpc) is 2.55. The molecule has 2 aromatic rings. The summed E-state index contributed by atoms with van der Waals surface area (Å²) in [6.45, 7) is 5.14. The van der Waals surface area contributed by atoms with Crippen LogP contribution >= 0.6 is 23.2 Å². The van der Waals surface area contributed by atoms with Crippen molar-refractivity contribution in [1.29, 1.82) is 0 Å². The minimum atomic E-state index is -0.331. The predicted molar refractivity (Wildman–Crippen MR) is 101 cm³/mol. The van der Waals surface area contributed by atoms with Gasteiger partial charge in [0.05, 0.1) is 17.0 Å². The third-order valence-corrected chi connectivity index (χ3v) is 4.36. The van der Waals surface area contributed by atoms with E-state index in [1.54, 1.807) is 24.5 Å². The van der Waals surface area contributed by atoms with Gasteiger partial charge in [0.15, 0.2) is 0 Å². The van der Waals surface area contributed by atoms with E-state index >= 15 is 0 Å². The van der Waals surface area contributed by atoms with E-state index < -0.39 is 0 Å². The fourth-order valence-electron chi connectivity index (χ4n) is 2.08. The van der Waals surface area contributed by atoms with Gasteiger partial charge in [0.25, 0.3) is 0 Å². The van der Waals surface area contributed by atoms with Gasteiger partial charge in [-0.2, -0.15) is 0 Å². The van der Waals surface area contributed by atoms with Crippen molar-refractivity contribution >= 4 is 40.9 Å². The Balaban J connectivity index is 2.17. The van der Waals surface area contributed by atoms with Crippen molar-refractivity contribution in [2.45, 2.75) is 20.4 Å². The van der Waals surface area contributed by atoms with Crippen LogP contribution in [-0.2, 0) is 6.54 Å². The highest BCUT2D eigenvalue weighted by molar-refractivity contribution is 6.33. The van der Waals surface area contributed by atoms with Gasteiger partial charge in [-0.15, -0.1) is 0 Å². The summed E-state index contributed by atoms with van der Waals surface area (Å²) in [6.07, 6.45) is 1.74. The monoisotopic (exact) mass is 367 g/mol. The maximum atomic E-state index is 13.8. The van der Waals surface area contributed by atoms with E-state index in [9.17, 15) is 4.39 Å². The number of hydrogen-bond acceptors (Lipinski definition) is 2. The molecule has 0 radical (unpaired) electrons. The van der Waals surface area contributed by atoms with E-state index in [4.69, 9.17) is 23.2 Å². The highest BCUT2D eigenvalue weighted by Gasteiger charge is 2.09. The number of hydrogen-bond donors (Lipinski definition) is 1. The van der Waals surface area contributed by atoms with Crippen molar-refractivity contribution < 1.29 is 4.39 Å². The van der Waals surface area contributed by atoms with E-state index in [-0.39, 0.29) is 12.4 Å². The number of benzene rings is 2. The first-order valence-corrected chi connectivity index (χ1v) is 8.39. The second kappa shape index (κ2) is 8.36. The Labute approximate surface area is 152 Å². The van der Waals surface area contributed by atoms with Gasteiger partial charge in [0.2, 0.25) is 0 Å². The molecule has 0 saturated carbocycles. The summed E-state index contributed by atoms with van der Waals surface area (Å²) >= 11 is 12.3. The summed E-state index contributed by atoms with van der Waals surface area (Å²) < 4.78 is 13.8. The lowest BCUT2D eigenvalue weighted by Gasteiger charge is -2.13. The van der Waals surface area contributed by atoms with Crippen LogP contribution in [0.25, 0.3) is 0 Å². The molecule has 2 rings (SSSR count). The van der Waals surface area contributed by atoms with Crippen molar-refractivity contribution in [2.24, 2.45) is 4.99 Å². The van der Waals surface area contributed by atoms with Crippen LogP contribution in [0.3, 0.4) is 0 Å². The Morgan fingerprint density at radius 2 is 2.00 bits per heavy atom. The molecule has 0 heterocycles. The molecule has 0 spiro atoms. The van der Waals surface area contributed by atoms with Crippen LogP contribution in [0.1, 0.15) is 18.1 Å². The van der Waals surface area contributed by atoms with E-state index in [1.165, 1.54) is 6.07 Å². The Hall–Kier alpha value is -1.78. The Morgan fingerprint density at radius 1 is 1.25 bits per heavy atom. The molecule has 0 saturated heterocycles. The molecule has 0 unspecified atom stereocenters. The van der Waals surface area contributed by atoms with E-state index in [0.29, 0.717) is 21.3 Å². The Bertz CT molecular complexity index is 727. The molecule has 0 aliphatic heterocycles. The highest BCUT2D eigenvalue weighted by Crippen LogP contribution is 2.31. The zero-order valence-electron chi connectivity index (χ0n) is 13.9. The summed E-state index contributed by atoms with van der Waals surface area (Å²) in [5, 5.41) is 4.11. The van der Waals surface area contributed by atoms with Crippen LogP contribution in [-0.4, -0.2) is 24.8 Å². The van der Waals surface area contributed by atoms with Crippen LogP contribution in [0.4, 0.5) is 15.8 Å². The van der Waals surface area contributed by atoms with Crippen LogP contribution in [0, 0.1) is 12.7 Å². The van der Waals surface area contributed by atoms with Gasteiger partial charge in [-0.1, -0.05) is 29.3 Å². The predicted octanol–water partition coefficient (Wildman–Crippen LogP) is 5.66. The number of rotatable bonds is 6. The molecule has 0 aliphatic carbocycles. The standard InChI is InChI=1S/C18H20Cl2FN3/c1-4-24(3)11-23-18-8-12(2)17(9-15(18)20)22-10-13-14(19)6-5-7-16(13)21/h5-9,11,22H,4,10H2,1-3H3. The molecule has 6 heteroatoms. The molecule has 128 valence electrons. The number of nitrogens with zero attached hydrogens (tertiary/aromatic N) is 2. The van der Waals surface area contributed by atoms with E-state index in [1.807, 2.05) is 31.9 Å². The summed E-state index contributed by atoms with van der Waals surface area (Å²) in [4.78, 5) is 6.34. The van der Waals surface area contributed by atoms with Gasteiger partial charge in [-0.3, -0.25) is 0 Å². The molecule has 3 nitrogen and oxygen atoms in total. The van der Waals surface area contributed by atoms with Gasteiger partial charge in [0.1, 0.15) is 5.82 Å². The normalized spacial score (nSPS) is 11.1. The maximum Gasteiger partial charge on any atom is 0.129 e. The number of aryl methyl sites for hydroxylation is 1. The second-order valence-electron chi connectivity index (χ2n) is 5.49. The lowest BCUT2D eigenvalue weighted by atomic mass is 10.1. The van der Waals surface area contributed by atoms with Crippen LogP contribution in [0.2, 0.25) is 10.0 Å². The Kier molecular flexibility index (Phi) is 6.46. The first-order chi connectivity index (χ1) is 11.4. The van der Waals surface area contributed by atoms with Crippen molar-refractivity contribution in [2.75, 3.05) is 18.9 Å². The average molecular weight is 368 g/mol. The Morgan fingerprint density at radius 3 is 2.67 bits per heavy atom. The minimum absolute atomic E-state index is 0.282. The van der Waals surface area contributed by atoms with Gasteiger partial charge in [-0.25, -0.2) is 9.38 Å². The molecule has 0 fully saturated rings. The molecule has 0 amide bonds. The first-order valence-electron chi connectivity index (χ1n) is 7.63. The number of halogens is 3. The lowest BCUT2D eigenvalue weighted by Crippen LogP contribution is -2.14. The number of aliphatic imine (C=N–C) groups is 1. The molecule has 24 heavy (non-hydrogen) atoms. The van der Waals surface area contributed by atoms with Crippen LogP contribution < -0.4 is 5.32 Å². The maximum absolute atomic E-state index is 13.8. The minimum Gasteiger partial charge on any atom is -0.381 e. The third-order valence-electron chi connectivity index (χ3n) is 3.70. The quantitative estimate of drug-likeness (QED) is 0.526. The van der Waals surface area contributed by atoms with Gasteiger partial charge in [-0.05, 0) is 43.7 Å². The summed E-state index contributed by atoms with van der Waals surface area (Å²) in [7, 11) is 1.94. The molecule has 2 aromatic carbocycles. The molecular formula is C18H20Cl2FN3. The van der Waals surface area contributed by atoms with Gasteiger partial charge < -0.3 is 10.2 Å². The molecule has 0 atom stereocenters. The van der Waals surface area contributed by atoms with Crippen molar-refractivity contribution in [3.8, 4) is 0 Å². The summed E-state index contributed by atoms with van der Waals surface area (Å²) in [5.74, 6) is -0.331. The molecular weight excluding hydrogens is 348 g/mol. The fraction of sp³-hybridized carbons (Fsp3) is 0.278. The summed E-state index contributed by atoms with van der Waals surface area (Å²) in [6, 6.07) is 8.34. The SMILES string of the molecule is CCN(C)C=Nc1cc(C)c(NCc2c(F)cccc2Cl)cc1Cl.